The number of H-pyrrole nitrogens is 1. The molecule has 0 saturated carbocycles. The molecule has 3 heterocycles. The highest BCUT2D eigenvalue weighted by Crippen LogP contribution is 2.27. The van der Waals surface area contributed by atoms with Gasteiger partial charge in [0, 0.05) is 19.1 Å². The summed E-state index contributed by atoms with van der Waals surface area (Å²) in [7, 11) is 0. The minimum Gasteiger partial charge on any atom is -0.368 e. The first-order chi connectivity index (χ1) is 11.5. The summed E-state index contributed by atoms with van der Waals surface area (Å²) in [6.07, 6.45) is 5.31. The van der Waals surface area contributed by atoms with E-state index in [2.05, 4.69) is 15.1 Å². The zero-order valence-corrected chi connectivity index (χ0v) is 14.5. The normalized spacial score (nSPS) is 23.1. The van der Waals surface area contributed by atoms with E-state index in [4.69, 9.17) is 5.73 Å². The lowest BCUT2D eigenvalue weighted by Gasteiger charge is -2.38. The maximum atomic E-state index is 12.8. The number of piperidine rings is 1. The van der Waals surface area contributed by atoms with Crippen LogP contribution in [0.3, 0.4) is 0 Å². The predicted molar refractivity (Wildman–Crippen MR) is 90.5 cm³/mol. The number of hydrogen-bond acceptors (Lipinski definition) is 4. The highest BCUT2D eigenvalue weighted by atomic mass is 16.2. The van der Waals surface area contributed by atoms with Crippen LogP contribution < -0.4 is 5.73 Å². The van der Waals surface area contributed by atoms with Crippen LogP contribution in [0.25, 0.3) is 0 Å². The van der Waals surface area contributed by atoms with E-state index in [1.807, 2.05) is 18.7 Å². The average molecular weight is 333 g/mol. The smallest absolute Gasteiger partial charge is 0.257 e. The number of aromatic amines is 1. The quantitative estimate of drug-likeness (QED) is 0.862. The SMILES string of the molecule is CC(C)c1[nH]ncc1C(=O)N1CCC(N2CCCC2C(N)=O)CC1. The van der Waals surface area contributed by atoms with Gasteiger partial charge in [-0.1, -0.05) is 13.8 Å². The zero-order chi connectivity index (χ0) is 17.3. The van der Waals surface area contributed by atoms with E-state index < -0.39 is 0 Å². The van der Waals surface area contributed by atoms with Crippen molar-refractivity contribution in [3.63, 3.8) is 0 Å². The van der Waals surface area contributed by atoms with E-state index in [1.165, 1.54) is 0 Å². The molecule has 1 atom stereocenters. The lowest BCUT2D eigenvalue weighted by Crippen LogP contribution is -2.51. The third kappa shape index (κ3) is 3.17. The fourth-order valence-corrected chi connectivity index (χ4v) is 4.01. The Balaban J connectivity index is 1.62. The van der Waals surface area contributed by atoms with Gasteiger partial charge in [-0.15, -0.1) is 0 Å². The predicted octanol–water partition coefficient (Wildman–Crippen LogP) is 1.09. The van der Waals surface area contributed by atoms with Crippen molar-refractivity contribution in [3.05, 3.63) is 17.5 Å². The number of nitrogens with two attached hydrogens (primary N) is 1. The Kier molecular flexibility index (Phi) is 4.89. The molecule has 2 fully saturated rings. The molecule has 2 saturated heterocycles. The van der Waals surface area contributed by atoms with Gasteiger partial charge < -0.3 is 10.6 Å². The van der Waals surface area contributed by atoms with Crippen molar-refractivity contribution in [2.75, 3.05) is 19.6 Å². The van der Waals surface area contributed by atoms with Crippen molar-refractivity contribution in [2.24, 2.45) is 5.73 Å². The number of carbonyl (C=O) groups is 2. The number of aromatic nitrogens is 2. The second kappa shape index (κ2) is 6.93. The highest BCUT2D eigenvalue weighted by molar-refractivity contribution is 5.95. The Hall–Kier alpha value is -1.89. The molecular formula is C17H27N5O2. The summed E-state index contributed by atoms with van der Waals surface area (Å²) in [6, 6.07) is 0.224. The van der Waals surface area contributed by atoms with Crippen molar-refractivity contribution < 1.29 is 9.59 Å². The van der Waals surface area contributed by atoms with Crippen molar-refractivity contribution in [1.29, 1.82) is 0 Å². The van der Waals surface area contributed by atoms with Crippen LogP contribution in [0.5, 0.6) is 0 Å². The van der Waals surface area contributed by atoms with Crippen molar-refractivity contribution in [3.8, 4) is 0 Å². The largest absolute Gasteiger partial charge is 0.368 e. The summed E-state index contributed by atoms with van der Waals surface area (Å²) >= 11 is 0. The standard InChI is InChI=1S/C17H27N5O2/c1-11(2)15-13(10-19-20-15)17(24)21-8-5-12(6-9-21)22-7-3-4-14(22)16(18)23/h10-12,14H,3-9H2,1-2H3,(H2,18,23)(H,19,20). The molecule has 0 aliphatic carbocycles. The Morgan fingerprint density at radius 2 is 1.96 bits per heavy atom. The monoisotopic (exact) mass is 333 g/mol. The number of nitrogens with zero attached hydrogens (tertiary/aromatic N) is 3. The van der Waals surface area contributed by atoms with Crippen LogP contribution in [0.4, 0.5) is 0 Å². The van der Waals surface area contributed by atoms with Gasteiger partial charge in [0.15, 0.2) is 0 Å². The van der Waals surface area contributed by atoms with E-state index in [9.17, 15) is 9.59 Å². The van der Waals surface area contributed by atoms with Gasteiger partial charge in [-0.05, 0) is 38.1 Å². The molecule has 0 radical (unpaired) electrons. The van der Waals surface area contributed by atoms with E-state index in [1.54, 1.807) is 6.20 Å². The number of nitrogens with one attached hydrogen (secondary N) is 1. The Labute approximate surface area is 142 Å². The van der Waals surface area contributed by atoms with Crippen LogP contribution in [0.1, 0.15) is 61.5 Å². The number of carbonyl (C=O) groups excluding carboxylic acids is 2. The minimum atomic E-state index is -0.217. The molecule has 1 aromatic heterocycles. The summed E-state index contributed by atoms with van der Waals surface area (Å²) in [5.41, 5.74) is 7.10. The van der Waals surface area contributed by atoms with Crippen molar-refractivity contribution in [1.82, 2.24) is 20.0 Å². The zero-order valence-electron chi connectivity index (χ0n) is 14.5. The maximum absolute atomic E-state index is 12.8. The average Bonchev–Trinajstić information content (AvgIpc) is 3.23. The summed E-state index contributed by atoms with van der Waals surface area (Å²) in [6.45, 7) is 6.47. The molecular weight excluding hydrogens is 306 g/mol. The number of amides is 2. The van der Waals surface area contributed by atoms with Gasteiger partial charge in [0.05, 0.1) is 23.5 Å². The second-order valence-electron chi connectivity index (χ2n) is 7.17. The molecule has 0 aromatic carbocycles. The molecule has 2 aliphatic rings. The molecule has 3 rings (SSSR count). The summed E-state index contributed by atoms with van der Waals surface area (Å²) < 4.78 is 0. The lowest BCUT2D eigenvalue weighted by atomic mass is 10.00. The van der Waals surface area contributed by atoms with Crippen LogP contribution >= 0.6 is 0 Å². The molecule has 1 unspecified atom stereocenters. The molecule has 0 spiro atoms. The molecule has 7 nitrogen and oxygen atoms in total. The first-order valence-corrected chi connectivity index (χ1v) is 8.86. The highest BCUT2D eigenvalue weighted by Gasteiger charge is 2.36. The molecule has 7 heteroatoms. The third-order valence-electron chi connectivity index (χ3n) is 5.32. The third-order valence-corrected chi connectivity index (χ3v) is 5.32. The van der Waals surface area contributed by atoms with E-state index in [-0.39, 0.29) is 23.8 Å². The maximum Gasteiger partial charge on any atom is 0.257 e. The summed E-state index contributed by atoms with van der Waals surface area (Å²) in [4.78, 5) is 28.5. The van der Waals surface area contributed by atoms with Gasteiger partial charge in [-0.25, -0.2) is 0 Å². The fourth-order valence-electron chi connectivity index (χ4n) is 4.01. The number of primary amides is 1. The minimum absolute atomic E-state index is 0.0544. The van der Waals surface area contributed by atoms with E-state index >= 15 is 0 Å². The molecule has 132 valence electrons. The second-order valence-corrected chi connectivity index (χ2v) is 7.17. The molecule has 0 bridgehead atoms. The van der Waals surface area contributed by atoms with Gasteiger partial charge in [0.2, 0.25) is 5.91 Å². The molecule has 2 amide bonds. The van der Waals surface area contributed by atoms with Gasteiger partial charge in [-0.2, -0.15) is 5.10 Å². The Bertz CT molecular complexity index is 604. The van der Waals surface area contributed by atoms with Gasteiger partial charge in [0.25, 0.3) is 5.91 Å². The van der Waals surface area contributed by atoms with E-state index in [0.29, 0.717) is 24.7 Å². The molecule has 1 aromatic rings. The van der Waals surface area contributed by atoms with Crippen LogP contribution in [0.2, 0.25) is 0 Å². The number of likely N-dealkylation sites (tertiary alicyclic amines) is 2. The lowest BCUT2D eigenvalue weighted by molar-refractivity contribution is -0.123. The first-order valence-electron chi connectivity index (χ1n) is 8.86. The summed E-state index contributed by atoms with van der Waals surface area (Å²) in [5, 5.41) is 6.97. The molecule has 24 heavy (non-hydrogen) atoms. The van der Waals surface area contributed by atoms with Crippen LogP contribution in [-0.2, 0) is 4.79 Å². The van der Waals surface area contributed by atoms with Crippen LogP contribution in [0.15, 0.2) is 6.20 Å². The summed E-state index contributed by atoms with van der Waals surface area (Å²) in [5.74, 6) is 0.0784. The topological polar surface area (TPSA) is 95.3 Å². The number of rotatable bonds is 4. The number of hydrogen-bond donors (Lipinski definition) is 2. The molecule has 3 N–H and O–H groups in total. The Morgan fingerprint density at radius 1 is 1.25 bits per heavy atom. The van der Waals surface area contributed by atoms with Gasteiger partial charge in [0.1, 0.15) is 0 Å². The van der Waals surface area contributed by atoms with Crippen molar-refractivity contribution >= 4 is 11.8 Å². The molecule has 2 aliphatic heterocycles. The first kappa shape index (κ1) is 17.0. The van der Waals surface area contributed by atoms with Crippen LogP contribution in [0, 0.1) is 0 Å². The van der Waals surface area contributed by atoms with Gasteiger partial charge in [-0.3, -0.25) is 19.6 Å². The fraction of sp³-hybridized carbons (Fsp3) is 0.706. The Morgan fingerprint density at radius 3 is 2.58 bits per heavy atom. The van der Waals surface area contributed by atoms with Crippen molar-refractivity contribution in [2.45, 2.75) is 57.5 Å². The van der Waals surface area contributed by atoms with Gasteiger partial charge >= 0.3 is 0 Å². The van der Waals surface area contributed by atoms with Crippen LogP contribution in [-0.4, -0.2) is 63.5 Å². The van der Waals surface area contributed by atoms with E-state index in [0.717, 1.165) is 37.9 Å².